The lowest BCUT2D eigenvalue weighted by Gasteiger charge is -2.42. The number of nitrogens with two attached hydrogens (primary N) is 1. The van der Waals surface area contributed by atoms with Crippen molar-refractivity contribution in [3.05, 3.63) is 71.1 Å². The second-order valence-electron chi connectivity index (χ2n) is 8.57. The van der Waals surface area contributed by atoms with E-state index in [1.54, 1.807) is 9.47 Å². The van der Waals surface area contributed by atoms with Crippen molar-refractivity contribution in [2.45, 2.75) is 32.1 Å². The molecule has 11 heteroatoms. The molecule has 182 valence electrons. The molecule has 0 unspecified atom stereocenters. The van der Waals surface area contributed by atoms with Crippen molar-refractivity contribution in [1.29, 1.82) is 0 Å². The molecule has 0 saturated carbocycles. The number of nitrogens with zero attached hydrogens (tertiary/aromatic N) is 4. The van der Waals surface area contributed by atoms with Crippen LogP contribution in [0.3, 0.4) is 0 Å². The third kappa shape index (κ3) is 4.33. The number of halogens is 4. The third-order valence-corrected chi connectivity index (χ3v) is 6.02. The van der Waals surface area contributed by atoms with E-state index in [0.29, 0.717) is 36.0 Å². The van der Waals surface area contributed by atoms with Gasteiger partial charge in [0.25, 0.3) is 0 Å². The largest absolute Gasteiger partial charge is 0.407 e. The number of rotatable bonds is 4. The van der Waals surface area contributed by atoms with E-state index in [-0.39, 0.29) is 18.1 Å². The van der Waals surface area contributed by atoms with Gasteiger partial charge in [-0.15, -0.1) is 0 Å². The number of imidazole rings is 1. The highest BCUT2D eigenvalue weighted by Gasteiger charge is 2.41. The van der Waals surface area contributed by atoms with Crippen LogP contribution in [0.1, 0.15) is 25.2 Å². The first-order valence-electron chi connectivity index (χ1n) is 10.7. The Morgan fingerprint density at radius 1 is 1.20 bits per heavy atom. The average molecular weight is 486 g/mol. The summed E-state index contributed by atoms with van der Waals surface area (Å²) in [5.74, 6) is 0.188. The van der Waals surface area contributed by atoms with E-state index >= 15 is 0 Å². The Balaban J connectivity index is 1.87. The van der Waals surface area contributed by atoms with Gasteiger partial charge in [-0.05, 0) is 50.2 Å². The highest BCUT2D eigenvalue weighted by atomic mass is 19.4. The van der Waals surface area contributed by atoms with E-state index in [2.05, 4.69) is 10.2 Å². The maximum absolute atomic E-state index is 13.6. The maximum atomic E-state index is 13.6. The molecule has 3 aromatic rings. The fraction of sp³-hybridized carbons (Fsp3) is 0.292. The zero-order valence-electron chi connectivity index (χ0n) is 18.9. The lowest BCUT2D eigenvalue weighted by atomic mass is 9.99. The quantitative estimate of drug-likeness (QED) is 0.400. The van der Waals surface area contributed by atoms with Gasteiger partial charge in [-0.3, -0.25) is 4.79 Å². The molecule has 1 aliphatic heterocycles. The van der Waals surface area contributed by atoms with Gasteiger partial charge in [-0.25, -0.2) is 14.2 Å². The van der Waals surface area contributed by atoms with Gasteiger partial charge in [-0.2, -0.15) is 13.2 Å². The molecule has 0 fully saturated rings. The molecule has 1 aliphatic rings. The van der Waals surface area contributed by atoms with Crippen molar-refractivity contribution < 1.29 is 22.4 Å². The van der Waals surface area contributed by atoms with Crippen molar-refractivity contribution in [3.63, 3.8) is 0 Å². The first-order valence-corrected chi connectivity index (χ1v) is 10.7. The van der Waals surface area contributed by atoms with Crippen LogP contribution in [0.4, 0.5) is 34.8 Å². The molecular weight excluding hydrogens is 464 g/mol. The van der Waals surface area contributed by atoms with E-state index in [9.17, 15) is 22.4 Å². The van der Waals surface area contributed by atoms with Crippen LogP contribution in [0, 0.1) is 12.4 Å². The lowest BCUT2D eigenvalue weighted by Crippen LogP contribution is -2.53. The Bertz CT molecular complexity index is 1320. The Labute approximate surface area is 199 Å². The smallest absolute Gasteiger partial charge is 0.340 e. The number of hydrogen-bond acceptors (Lipinski definition) is 4. The minimum atomic E-state index is -4.71. The third-order valence-electron chi connectivity index (χ3n) is 6.02. The molecule has 0 bridgehead atoms. The number of anilines is 2. The van der Waals surface area contributed by atoms with Gasteiger partial charge < -0.3 is 20.5 Å². The molecule has 1 aromatic heterocycles. The summed E-state index contributed by atoms with van der Waals surface area (Å²) in [6.45, 7) is 11.1. The van der Waals surface area contributed by atoms with Crippen LogP contribution in [0.15, 0.2) is 42.5 Å². The number of nitrogens with one attached hydrogen (secondary N) is 1. The maximum Gasteiger partial charge on any atom is 0.407 e. The molecule has 4 rings (SSSR count). The van der Waals surface area contributed by atoms with Crippen molar-refractivity contribution >= 4 is 23.1 Å². The predicted molar refractivity (Wildman–Crippen MR) is 122 cm³/mol. The normalized spacial score (nSPS) is 14.9. The van der Waals surface area contributed by atoms with Crippen LogP contribution < -0.4 is 11.1 Å². The van der Waals surface area contributed by atoms with E-state index < -0.39 is 28.8 Å². The Kier molecular flexibility index (Phi) is 6.02. The molecule has 7 nitrogen and oxygen atoms in total. The molecule has 3 N–H and O–H groups in total. The zero-order chi connectivity index (χ0) is 25.5. The molecular formula is C24H22F4N6O. The Morgan fingerprint density at radius 3 is 2.49 bits per heavy atom. The summed E-state index contributed by atoms with van der Waals surface area (Å²) in [6, 6.07) is 8.93. The van der Waals surface area contributed by atoms with E-state index in [4.69, 9.17) is 17.3 Å². The van der Waals surface area contributed by atoms with E-state index in [1.807, 2.05) is 13.8 Å². The van der Waals surface area contributed by atoms with Gasteiger partial charge in [0.15, 0.2) is 5.69 Å². The summed E-state index contributed by atoms with van der Waals surface area (Å²) in [6.07, 6.45) is -4.71. The fourth-order valence-corrected chi connectivity index (χ4v) is 4.30. The van der Waals surface area contributed by atoms with E-state index in [0.717, 1.165) is 12.1 Å². The van der Waals surface area contributed by atoms with Crippen molar-refractivity contribution in [2.24, 2.45) is 5.73 Å². The van der Waals surface area contributed by atoms with Crippen molar-refractivity contribution in [2.75, 3.05) is 18.4 Å². The minimum absolute atomic E-state index is 0.106. The zero-order valence-corrected chi connectivity index (χ0v) is 18.9. The van der Waals surface area contributed by atoms with Gasteiger partial charge in [0.2, 0.25) is 5.91 Å². The Morgan fingerprint density at radius 2 is 1.89 bits per heavy atom. The summed E-state index contributed by atoms with van der Waals surface area (Å²) in [7, 11) is 0. The summed E-state index contributed by atoms with van der Waals surface area (Å²) < 4.78 is 56.0. The monoisotopic (exact) mass is 486 g/mol. The average Bonchev–Trinajstić information content (AvgIpc) is 3.18. The number of benzene rings is 2. The molecule has 0 radical (unpaired) electrons. The van der Waals surface area contributed by atoms with Gasteiger partial charge in [-0.1, -0.05) is 6.07 Å². The Hall–Kier alpha value is -3.91. The van der Waals surface area contributed by atoms with Gasteiger partial charge in [0.05, 0.1) is 24.2 Å². The topological polar surface area (TPSA) is 80.5 Å². The number of alkyl halides is 3. The second kappa shape index (κ2) is 8.70. The molecule has 0 spiro atoms. The second-order valence-corrected chi connectivity index (χ2v) is 8.57. The predicted octanol–water partition coefficient (Wildman–Crippen LogP) is 5.04. The fourth-order valence-electron chi connectivity index (χ4n) is 4.30. The first kappa shape index (κ1) is 24.2. The van der Waals surface area contributed by atoms with Crippen LogP contribution in [0.25, 0.3) is 16.1 Å². The van der Waals surface area contributed by atoms with Crippen LogP contribution in [-0.2, 0) is 23.1 Å². The number of carbonyl (C=O) groups is 1. The lowest BCUT2D eigenvalue weighted by molar-refractivity contribution is -0.137. The summed E-state index contributed by atoms with van der Waals surface area (Å²) in [5, 5.41) is 3.03. The summed E-state index contributed by atoms with van der Waals surface area (Å²) >= 11 is 0. The summed E-state index contributed by atoms with van der Waals surface area (Å²) in [5.41, 5.74) is 4.18. The molecule has 0 atom stereocenters. The number of aromatic nitrogens is 2. The van der Waals surface area contributed by atoms with Crippen molar-refractivity contribution in [3.8, 4) is 11.3 Å². The molecule has 35 heavy (non-hydrogen) atoms. The molecule has 0 aliphatic carbocycles. The first-order chi connectivity index (χ1) is 16.5. The highest BCUT2D eigenvalue weighted by molar-refractivity contribution is 5.81. The van der Waals surface area contributed by atoms with Crippen LogP contribution in [0.5, 0.6) is 0 Å². The van der Waals surface area contributed by atoms with Gasteiger partial charge in [0, 0.05) is 24.3 Å². The minimum Gasteiger partial charge on any atom is -0.340 e. The number of fused-ring (bicyclic) bond motifs is 1. The van der Waals surface area contributed by atoms with Crippen molar-refractivity contribution in [1.82, 2.24) is 14.5 Å². The van der Waals surface area contributed by atoms with Gasteiger partial charge >= 0.3 is 6.18 Å². The van der Waals surface area contributed by atoms with E-state index in [1.165, 1.54) is 30.3 Å². The molecule has 1 amide bonds. The molecule has 2 heterocycles. The van der Waals surface area contributed by atoms with Crippen LogP contribution in [0.2, 0.25) is 0 Å². The van der Waals surface area contributed by atoms with Crippen LogP contribution >= 0.6 is 0 Å². The number of hydrogen-bond donors (Lipinski definition) is 2. The SMILES string of the molecule is [C-]#[N+]c1ccc(Nc2c(-c3ccc(F)cc3)nc3n2CCN(C(=O)CN)C3(C)C)cc1C(F)(F)F. The van der Waals surface area contributed by atoms with Gasteiger partial charge in [0.1, 0.15) is 23.2 Å². The standard InChI is InChI=1S/C24H22F4N6O/c1-23(2)22-32-20(14-4-6-15(25)7-5-14)21(33(22)10-11-34(23)19(35)13-29)31-16-8-9-18(30-3)17(12-16)24(26,27)28/h4-9,12,31H,10-11,13,29H2,1-2H3. The highest BCUT2D eigenvalue weighted by Crippen LogP contribution is 2.42. The van der Waals surface area contributed by atoms with Crippen LogP contribution in [-0.4, -0.2) is 33.4 Å². The number of carbonyl (C=O) groups excluding carboxylic acids is 1. The summed E-state index contributed by atoms with van der Waals surface area (Å²) in [4.78, 5) is 21.8. The molecule has 0 saturated heterocycles. The molecule has 2 aromatic carbocycles. The number of amides is 1.